The van der Waals surface area contributed by atoms with Crippen LogP contribution >= 0.6 is 12.8 Å². The average molecular weight is 148 g/mol. The quantitative estimate of drug-likeness (QED) is 0.412. The molecule has 0 unspecified atom stereocenters. The summed E-state index contributed by atoms with van der Waals surface area (Å²) in [6.45, 7) is 1.95. The lowest BCUT2D eigenvalue weighted by molar-refractivity contribution is 0.0221. The topological polar surface area (TPSA) is 38.5 Å². The maximum Gasteiger partial charge on any atom is 0.0812 e. The van der Waals surface area contributed by atoms with Crippen molar-refractivity contribution in [1.29, 1.82) is 0 Å². The third kappa shape index (κ3) is 2.14. The lowest BCUT2D eigenvalue weighted by Crippen LogP contribution is -2.32. The van der Waals surface area contributed by atoms with E-state index in [1.807, 2.05) is 4.31 Å². The van der Waals surface area contributed by atoms with E-state index in [4.69, 9.17) is 5.90 Å². The van der Waals surface area contributed by atoms with Crippen LogP contribution in [-0.4, -0.2) is 23.5 Å². The van der Waals surface area contributed by atoms with Gasteiger partial charge in [-0.05, 0) is 12.8 Å². The van der Waals surface area contributed by atoms with Gasteiger partial charge in [-0.15, -0.1) is 0 Å². The molecular formula is C5H12N2OS. The first-order valence-electron chi connectivity index (χ1n) is 3.12. The van der Waals surface area contributed by atoms with Crippen LogP contribution in [0.5, 0.6) is 0 Å². The van der Waals surface area contributed by atoms with E-state index in [1.165, 1.54) is 0 Å². The van der Waals surface area contributed by atoms with Gasteiger partial charge in [0.05, 0.1) is 6.10 Å². The molecule has 4 heteroatoms. The summed E-state index contributed by atoms with van der Waals surface area (Å²) < 4.78 is 1.98. The van der Waals surface area contributed by atoms with E-state index in [0.717, 1.165) is 25.9 Å². The molecule has 0 radical (unpaired) electrons. The van der Waals surface area contributed by atoms with Crippen LogP contribution in [0.15, 0.2) is 0 Å². The molecule has 2 N–H and O–H groups in total. The van der Waals surface area contributed by atoms with Gasteiger partial charge in [-0.1, -0.05) is 12.8 Å². The summed E-state index contributed by atoms with van der Waals surface area (Å²) in [5.74, 6) is 5.01. The first-order chi connectivity index (χ1) is 4.33. The molecule has 54 valence electrons. The average Bonchev–Trinajstić information content (AvgIpc) is 1.90. The summed E-state index contributed by atoms with van der Waals surface area (Å²) in [5.41, 5.74) is 0. The van der Waals surface area contributed by atoms with Crippen molar-refractivity contribution in [1.82, 2.24) is 4.31 Å². The second kappa shape index (κ2) is 3.41. The summed E-state index contributed by atoms with van der Waals surface area (Å²) in [6.07, 6.45) is 2.26. The molecular weight excluding hydrogens is 136 g/mol. The fourth-order valence-electron chi connectivity index (χ4n) is 0.978. The minimum atomic E-state index is 0.258. The molecule has 0 aromatic carbocycles. The van der Waals surface area contributed by atoms with Crippen LogP contribution in [0.2, 0.25) is 0 Å². The number of thiol groups is 1. The Morgan fingerprint density at radius 3 is 2.44 bits per heavy atom. The zero-order valence-corrected chi connectivity index (χ0v) is 6.18. The molecule has 3 nitrogen and oxygen atoms in total. The normalized spacial score (nSPS) is 24.7. The smallest absolute Gasteiger partial charge is 0.0812 e. The first kappa shape index (κ1) is 7.34. The van der Waals surface area contributed by atoms with Crippen molar-refractivity contribution >= 4 is 12.8 Å². The van der Waals surface area contributed by atoms with Crippen molar-refractivity contribution in [3.05, 3.63) is 0 Å². The Morgan fingerprint density at radius 1 is 1.44 bits per heavy atom. The van der Waals surface area contributed by atoms with Crippen LogP contribution in [0.25, 0.3) is 0 Å². The molecule has 0 spiro atoms. The van der Waals surface area contributed by atoms with Gasteiger partial charge >= 0.3 is 0 Å². The van der Waals surface area contributed by atoms with Crippen molar-refractivity contribution in [2.45, 2.75) is 18.9 Å². The van der Waals surface area contributed by atoms with Crippen molar-refractivity contribution in [3.8, 4) is 0 Å². The molecule has 0 aliphatic carbocycles. The Morgan fingerprint density at radius 2 is 2.00 bits per heavy atom. The highest BCUT2D eigenvalue weighted by Crippen LogP contribution is 2.12. The van der Waals surface area contributed by atoms with E-state index < -0.39 is 0 Å². The van der Waals surface area contributed by atoms with Gasteiger partial charge < -0.3 is 4.84 Å². The van der Waals surface area contributed by atoms with Gasteiger partial charge in [-0.25, -0.2) is 5.90 Å². The Bertz CT molecular complexity index is 83.0. The van der Waals surface area contributed by atoms with E-state index in [0.29, 0.717) is 0 Å². The maximum absolute atomic E-state index is 5.01. The summed E-state index contributed by atoms with van der Waals surface area (Å²) in [6, 6.07) is 0. The van der Waals surface area contributed by atoms with Gasteiger partial charge in [0.15, 0.2) is 0 Å². The molecule has 1 rings (SSSR count). The molecule has 0 amide bonds. The van der Waals surface area contributed by atoms with Gasteiger partial charge in [0.2, 0.25) is 0 Å². The molecule has 9 heavy (non-hydrogen) atoms. The Kier molecular flexibility index (Phi) is 2.78. The predicted octanol–water partition coefficient (Wildman–Crippen LogP) is 0.186. The minimum absolute atomic E-state index is 0.258. The third-order valence-corrected chi connectivity index (χ3v) is 2.01. The van der Waals surface area contributed by atoms with E-state index in [9.17, 15) is 0 Å². The summed E-state index contributed by atoms with van der Waals surface area (Å²) >= 11 is 4.18. The summed E-state index contributed by atoms with van der Waals surface area (Å²) in [5, 5.41) is 0. The summed E-state index contributed by atoms with van der Waals surface area (Å²) in [7, 11) is 0. The molecule has 0 aromatic rings. The van der Waals surface area contributed by atoms with Gasteiger partial charge in [-0.2, -0.15) is 0 Å². The minimum Gasteiger partial charge on any atom is -0.301 e. The third-order valence-electron chi connectivity index (χ3n) is 1.61. The van der Waals surface area contributed by atoms with Crippen LogP contribution in [0.1, 0.15) is 12.8 Å². The van der Waals surface area contributed by atoms with E-state index >= 15 is 0 Å². The summed E-state index contributed by atoms with van der Waals surface area (Å²) in [4.78, 5) is 4.68. The van der Waals surface area contributed by atoms with Gasteiger partial charge in [0.1, 0.15) is 0 Å². The highest BCUT2D eigenvalue weighted by Gasteiger charge is 2.16. The number of rotatable bonds is 1. The zero-order chi connectivity index (χ0) is 6.69. The van der Waals surface area contributed by atoms with Crippen LogP contribution in [0.3, 0.4) is 0 Å². The van der Waals surface area contributed by atoms with Crippen LogP contribution < -0.4 is 5.90 Å². The number of nitrogens with zero attached hydrogens (tertiary/aromatic N) is 1. The second-order valence-corrected chi connectivity index (χ2v) is 2.85. The van der Waals surface area contributed by atoms with Gasteiger partial charge in [-0.3, -0.25) is 4.31 Å². The molecule has 0 bridgehead atoms. The van der Waals surface area contributed by atoms with E-state index in [-0.39, 0.29) is 6.10 Å². The van der Waals surface area contributed by atoms with Crippen molar-refractivity contribution in [2.75, 3.05) is 13.1 Å². The Hall–Kier alpha value is 0.230. The highest BCUT2D eigenvalue weighted by atomic mass is 32.1. The molecule has 0 atom stereocenters. The molecule has 1 heterocycles. The Balaban J connectivity index is 2.18. The van der Waals surface area contributed by atoms with Gasteiger partial charge in [0, 0.05) is 13.1 Å². The van der Waals surface area contributed by atoms with Crippen LogP contribution in [-0.2, 0) is 4.84 Å². The lowest BCUT2D eigenvalue weighted by atomic mass is 10.1. The lowest BCUT2D eigenvalue weighted by Gasteiger charge is -2.25. The number of hydrogen-bond acceptors (Lipinski definition) is 4. The monoisotopic (exact) mass is 148 g/mol. The number of nitrogens with two attached hydrogens (primary N) is 1. The number of piperidine rings is 1. The Labute approximate surface area is 60.7 Å². The standard InChI is InChI=1S/C5H12N2OS/c6-8-5-1-3-7(9)4-2-5/h5,9H,1-4,6H2. The highest BCUT2D eigenvalue weighted by molar-refractivity contribution is 7.77. The van der Waals surface area contributed by atoms with E-state index in [2.05, 4.69) is 17.7 Å². The fraction of sp³-hybridized carbons (Fsp3) is 1.00. The SMILES string of the molecule is NOC1CCN(S)CC1. The van der Waals surface area contributed by atoms with Crippen molar-refractivity contribution in [2.24, 2.45) is 5.90 Å². The van der Waals surface area contributed by atoms with E-state index in [1.54, 1.807) is 0 Å². The fourth-order valence-corrected chi connectivity index (χ4v) is 1.21. The molecule has 0 aromatic heterocycles. The first-order valence-corrected chi connectivity index (χ1v) is 3.52. The molecule has 1 fully saturated rings. The molecule has 0 saturated carbocycles. The van der Waals surface area contributed by atoms with Crippen LogP contribution in [0.4, 0.5) is 0 Å². The van der Waals surface area contributed by atoms with Gasteiger partial charge in [0.25, 0.3) is 0 Å². The largest absolute Gasteiger partial charge is 0.301 e. The predicted molar refractivity (Wildman–Crippen MR) is 38.9 cm³/mol. The maximum atomic E-state index is 5.01. The second-order valence-electron chi connectivity index (χ2n) is 2.29. The van der Waals surface area contributed by atoms with Crippen molar-refractivity contribution < 1.29 is 4.84 Å². The molecule has 1 aliphatic heterocycles. The molecule has 1 aliphatic rings. The van der Waals surface area contributed by atoms with Crippen LogP contribution in [0, 0.1) is 0 Å². The van der Waals surface area contributed by atoms with Crippen molar-refractivity contribution in [3.63, 3.8) is 0 Å². The zero-order valence-electron chi connectivity index (χ0n) is 5.29. The number of hydrogen-bond donors (Lipinski definition) is 2. The molecule has 1 saturated heterocycles.